The zero-order chi connectivity index (χ0) is 26.5. The molecule has 0 atom stereocenters. The third-order valence-electron chi connectivity index (χ3n) is 7.32. The van der Waals surface area contributed by atoms with Gasteiger partial charge in [0.1, 0.15) is 18.4 Å². The van der Waals surface area contributed by atoms with Gasteiger partial charge in [-0.15, -0.1) is 11.3 Å². The Balaban J connectivity index is 1.31. The molecule has 1 aliphatic heterocycles. The molecular formula is C29H32N4O4S. The van der Waals surface area contributed by atoms with Gasteiger partial charge in [0.05, 0.1) is 9.88 Å². The molecule has 1 saturated carbocycles. The summed E-state index contributed by atoms with van der Waals surface area (Å²) in [6.07, 6.45) is 10.0. The van der Waals surface area contributed by atoms with Crippen molar-refractivity contribution >= 4 is 17.2 Å². The summed E-state index contributed by atoms with van der Waals surface area (Å²) >= 11 is 1.62. The maximum absolute atomic E-state index is 11.6. The number of likely N-dealkylation sites (tertiary alicyclic amines) is 1. The van der Waals surface area contributed by atoms with Crippen molar-refractivity contribution in [3.63, 3.8) is 0 Å². The maximum Gasteiger partial charge on any atom is 0.406 e. The zero-order valence-electron chi connectivity index (χ0n) is 21.6. The van der Waals surface area contributed by atoms with Gasteiger partial charge in [0.2, 0.25) is 5.75 Å². The molecule has 2 fully saturated rings. The molecule has 1 saturated heterocycles. The van der Waals surface area contributed by atoms with E-state index in [9.17, 15) is 15.2 Å². The van der Waals surface area contributed by atoms with E-state index < -0.39 is 10.5 Å². The van der Waals surface area contributed by atoms with Crippen molar-refractivity contribution in [1.29, 1.82) is 0 Å². The Morgan fingerprint density at radius 3 is 2.74 bits per heavy atom. The molecule has 0 radical (unpaired) electrons. The van der Waals surface area contributed by atoms with Gasteiger partial charge in [-0.25, -0.2) is 4.98 Å². The van der Waals surface area contributed by atoms with E-state index in [1.54, 1.807) is 17.4 Å². The van der Waals surface area contributed by atoms with Crippen molar-refractivity contribution < 1.29 is 14.8 Å². The predicted molar refractivity (Wildman–Crippen MR) is 147 cm³/mol. The number of nitrogens with zero attached hydrogens (tertiary/aromatic N) is 4. The van der Waals surface area contributed by atoms with Gasteiger partial charge in [0.25, 0.3) is 0 Å². The highest BCUT2D eigenvalue weighted by molar-refractivity contribution is 7.15. The number of nitro groups is 1. The number of hydrogen-bond donors (Lipinski definition) is 1. The number of piperidine rings is 1. The monoisotopic (exact) mass is 532 g/mol. The van der Waals surface area contributed by atoms with Crippen LogP contribution in [0.2, 0.25) is 0 Å². The van der Waals surface area contributed by atoms with Crippen LogP contribution < -0.4 is 4.74 Å². The van der Waals surface area contributed by atoms with E-state index in [0.29, 0.717) is 18.8 Å². The summed E-state index contributed by atoms with van der Waals surface area (Å²) in [7, 11) is 2.14. The fourth-order valence-corrected chi connectivity index (χ4v) is 6.10. The molecule has 1 N–H and O–H groups in total. The predicted octanol–water partition coefficient (Wildman–Crippen LogP) is 5.55. The molecule has 0 amide bonds. The Labute approximate surface area is 226 Å². The summed E-state index contributed by atoms with van der Waals surface area (Å²) in [5, 5.41) is 23.4. The minimum atomic E-state index is -0.915. The fourth-order valence-electron chi connectivity index (χ4n) is 5.03. The van der Waals surface area contributed by atoms with Crippen LogP contribution in [0.15, 0.2) is 42.7 Å². The molecule has 0 spiro atoms. The number of thiazole rings is 1. The van der Waals surface area contributed by atoms with Gasteiger partial charge in [0, 0.05) is 29.3 Å². The Morgan fingerprint density at radius 1 is 1.18 bits per heavy atom. The summed E-state index contributed by atoms with van der Waals surface area (Å²) in [6.45, 7) is 2.25. The number of pyridine rings is 1. The van der Waals surface area contributed by atoms with E-state index in [4.69, 9.17) is 4.74 Å². The highest BCUT2D eigenvalue weighted by Crippen LogP contribution is 2.37. The highest BCUT2D eigenvalue weighted by atomic mass is 32.1. The molecule has 9 heteroatoms. The van der Waals surface area contributed by atoms with Crippen LogP contribution >= 0.6 is 11.3 Å². The normalized spacial score (nSPS) is 17.9. The molecule has 8 nitrogen and oxygen atoms in total. The maximum atomic E-state index is 11.6. The quantitative estimate of drug-likeness (QED) is 0.252. The number of ether oxygens (including phenoxy) is 1. The number of aromatic nitrogens is 2. The molecule has 198 valence electrons. The average Bonchev–Trinajstić information content (AvgIpc) is 3.42. The van der Waals surface area contributed by atoms with E-state index in [-0.39, 0.29) is 18.2 Å². The smallest absolute Gasteiger partial charge is 0.406 e. The summed E-state index contributed by atoms with van der Waals surface area (Å²) in [5.41, 5.74) is 1.44. The van der Waals surface area contributed by atoms with E-state index in [0.717, 1.165) is 71.8 Å². The second-order valence-electron chi connectivity index (χ2n) is 10.3. The van der Waals surface area contributed by atoms with Gasteiger partial charge in [0.15, 0.2) is 0 Å². The number of aliphatic hydroxyl groups is 1. The lowest BCUT2D eigenvalue weighted by Gasteiger charge is -2.27. The van der Waals surface area contributed by atoms with Crippen LogP contribution in [0.1, 0.15) is 67.0 Å². The third kappa shape index (κ3) is 6.38. The van der Waals surface area contributed by atoms with Crippen LogP contribution in [0.4, 0.5) is 5.82 Å². The molecule has 0 unspecified atom stereocenters. The van der Waals surface area contributed by atoms with Crippen LogP contribution in [0.3, 0.4) is 0 Å². The molecule has 1 aliphatic carbocycles. The largest absolute Gasteiger partial charge is 0.481 e. The first-order chi connectivity index (χ1) is 18.4. The van der Waals surface area contributed by atoms with Gasteiger partial charge < -0.3 is 24.9 Å². The van der Waals surface area contributed by atoms with Gasteiger partial charge in [-0.2, -0.15) is 0 Å². The molecule has 2 aliphatic rings. The summed E-state index contributed by atoms with van der Waals surface area (Å²) in [4.78, 5) is 23.1. The van der Waals surface area contributed by atoms with Crippen LogP contribution in [0, 0.1) is 22.0 Å². The summed E-state index contributed by atoms with van der Waals surface area (Å²) in [6, 6.07) is 9.22. The molecule has 2 aromatic heterocycles. The van der Waals surface area contributed by atoms with Crippen LogP contribution in [0.5, 0.6) is 5.75 Å². The summed E-state index contributed by atoms with van der Waals surface area (Å²) < 4.78 is 5.93. The Morgan fingerprint density at radius 2 is 1.97 bits per heavy atom. The highest BCUT2D eigenvalue weighted by Gasteiger charge is 2.27. The van der Waals surface area contributed by atoms with Crippen molar-refractivity contribution in [3.05, 3.63) is 69.0 Å². The second-order valence-corrected chi connectivity index (χ2v) is 11.3. The van der Waals surface area contributed by atoms with Gasteiger partial charge in [-0.3, -0.25) is 0 Å². The van der Waals surface area contributed by atoms with Crippen molar-refractivity contribution in [1.82, 2.24) is 14.9 Å². The van der Waals surface area contributed by atoms with Crippen molar-refractivity contribution in [2.24, 2.45) is 0 Å². The van der Waals surface area contributed by atoms with Crippen LogP contribution in [-0.4, -0.2) is 50.6 Å². The fraction of sp³-hybridized carbons (Fsp3) is 0.448. The molecule has 3 heterocycles. The molecular weight excluding hydrogens is 500 g/mol. The lowest BCUT2D eigenvalue weighted by molar-refractivity contribution is -0.390. The minimum absolute atomic E-state index is 0.120. The van der Waals surface area contributed by atoms with Gasteiger partial charge >= 0.3 is 5.82 Å². The number of hydrogen-bond acceptors (Lipinski definition) is 8. The van der Waals surface area contributed by atoms with Gasteiger partial charge in [-0.05, 0) is 86.3 Å². The van der Waals surface area contributed by atoms with E-state index in [1.165, 1.54) is 6.20 Å². The third-order valence-corrected chi connectivity index (χ3v) is 8.53. The Kier molecular flexibility index (Phi) is 8.03. The molecule has 0 bridgehead atoms. The van der Waals surface area contributed by atoms with E-state index in [2.05, 4.69) is 33.8 Å². The van der Waals surface area contributed by atoms with Crippen molar-refractivity contribution in [2.45, 2.75) is 63.1 Å². The lowest BCUT2D eigenvalue weighted by atomic mass is 9.85. The number of benzene rings is 1. The SMILES string of the molecule is CN1CCC(c2ncc(-c3cnc([N+](=O)[O-])c(OCc4cccc(C#CC5(O)CCCCC5)c4)c3)s2)CC1. The lowest BCUT2D eigenvalue weighted by Crippen LogP contribution is -2.29. The van der Waals surface area contributed by atoms with E-state index in [1.807, 2.05) is 30.5 Å². The topological polar surface area (TPSA) is 102 Å². The zero-order valence-corrected chi connectivity index (χ0v) is 22.4. The molecule has 1 aromatic carbocycles. The van der Waals surface area contributed by atoms with Crippen molar-refractivity contribution in [2.75, 3.05) is 20.1 Å². The first-order valence-corrected chi connectivity index (χ1v) is 14.0. The van der Waals surface area contributed by atoms with Crippen LogP contribution in [-0.2, 0) is 6.61 Å². The Hall–Kier alpha value is -3.32. The molecule has 38 heavy (non-hydrogen) atoms. The molecule has 3 aromatic rings. The first-order valence-electron chi connectivity index (χ1n) is 13.1. The Bertz CT molecular complexity index is 1350. The number of rotatable bonds is 6. The standard InChI is InChI=1S/C29H32N4O4S/c1-32-14-9-23(10-15-32)28-31-19-26(38-28)24-17-25(27(30-18-24)33(35)36)37-20-22-7-5-6-21(16-22)8-13-29(34)11-3-2-4-12-29/h5-7,16-19,23,34H,2-4,9-12,14-15,20H2,1H3. The average molecular weight is 533 g/mol. The first kappa shape index (κ1) is 26.3. The molecule has 5 rings (SSSR count). The second kappa shape index (κ2) is 11.6. The summed E-state index contributed by atoms with van der Waals surface area (Å²) in [5.74, 6) is 6.40. The van der Waals surface area contributed by atoms with Gasteiger partial charge in [-0.1, -0.05) is 30.4 Å². The van der Waals surface area contributed by atoms with E-state index >= 15 is 0 Å². The van der Waals surface area contributed by atoms with Crippen LogP contribution in [0.25, 0.3) is 10.4 Å². The minimum Gasteiger partial charge on any atom is -0.481 e. The van der Waals surface area contributed by atoms with Crippen molar-refractivity contribution in [3.8, 4) is 28.0 Å².